The zero-order chi connectivity index (χ0) is 53.5. The van der Waals surface area contributed by atoms with Crippen molar-refractivity contribution in [1.82, 2.24) is 14.7 Å². The summed E-state index contributed by atoms with van der Waals surface area (Å²) in [7, 11) is 7.36. The summed E-state index contributed by atoms with van der Waals surface area (Å²) >= 11 is 0. The summed E-state index contributed by atoms with van der Waals surface area (Å²) in [4.78, 5) is 82.8. The third kappa shape index (κ3) is 41.2. The average Bonchev–Trinajstić information content (AvgIpc) is 3.35. The Bertz CT molecular complexity index is 1290. The van der Waals surface area contributed by atoms with Gasteiger partial charge in [-0.25, -0.2) is 0 Å². The summed E-state index contributed by atoms with van der Waals surface area (Å²) in [6.07, 6.45) is 33.5. The molecule has 13 heteroatoms. The Hall–Kier alpha value is -3.22. The molecule has 422 valence electrons. The van der Waals surface area contributed by atoms with Crippen LogP contribution in [0.5, 0.6) is 0 Å². The number of carbonyl (C=O) groups excluding carboxylic acids is 6. The molecule has 0 rings (SSSR count). The SMILES string of the molecule is CCCCCCCCC(CCCCCC)C(=O)N(C)CC(=O)OCCCCCC(CCCCCOC(=O)CN(C)C(=O)C(CCCCCC)CCCCCCCC)OC(=O)CCCC(=O)OCCCN(C)C. The highest BCUT2D eigenvalue weighted by atomic mass is 16.5. The van der Waals surface area contributed by atoms with Gasteiger partial charge in [-0.3, -0.25) is 28.8 Å². The fourth-order valence-electron chi connectivity index (χ4n) is 9.21. The van der Waals surface area contributed by atoms with E-state index in [4.69, 9.17) is 18.9 Å². The molecule has 0 aliphatic rings. The highest BCUT2D eigenvalue weighted by Gasteiger charge is 2.25. The van der Waals surface area contributed by atoms with Gasteiger partial charge in [-0.05, 0) is 104 Å². The van der Waals surface area contributed by atoms with Gasteiger partial charge in [0.2, 0.25) is 11.8 Å². The Morgan fingerprint density at radius 2 is 0.667 bits per heavy atom. The smallest absolute Gasteiger partial charge is 0.325 e. The summed E-state index contributed by atoms with van der Waals surface area (Å²) in [5.74, 6) is -1.47. The summed E-state index contributed by atoms with van der Waals surface area (Å²) in [6.45, 7) is 10.4. The molecule has 0 N–H and O–H groups in total. The summed E-state index contributed by atoms with van der Waals surface area (Å²) in [5, 5.41) is 0. The maximum absolute atomic E-state index is 13.5. The molecule has 0 aromatic carbocycles. The predicted molar refractivity (Wildman–Crippen MR) is 292 cm³/mol. The third-order valence-electron chi connectivity index (χ3n) is 13.7. The summed E-state index contributed by atoms with van der Waals surface area (Å²) < 4.78 is 22.4. The van der Waals surface area contributed by atoms with Crippen molar-refractivity contribution in [2.45, 2.75) is 265 Å². The lowest BCUT2D eigenvalue weighted by Crippen LogP contribution is -2.37. The molecule has 0 saturated carbocycles. The van der Waals surface area contributed by atoms with Crippen LogP contribution >= 0.6 is 0 Å². The number of rotatable bonds is 51. The maximum Gasteiger partial charge on any atom is 0.325 e. The Kier molecular flexibility index (Phi) is 46.5. The van der Waals surface area contributed by atoms with Crippen molar-refractivity contribution >= 4 is 35.7 Å². The Balaban J connectivity index is 5.07. The molecule has 0 fully saturated rings. The molecule has 2 amide bonds. The van der Waals surface area contributed by atoms with Crippen molar-refractivity contribution in [3.05, 3.63) is 0 Å². The van der Waals surface area contributed by atoms with Crippen LogP contribution in [-0.4, -0.2) is 124 Å². The maximum atomic E-state index is 13.5. The van der Waals surface area contributed by atoms with E-state index in [1.807, 2.05) is 19.0 Å². The number of hydrogen-bond acceptors (Lipinski definition) is 11. The average molecular weight is 1020 g/mol. The molecule has 0 aliphatic carbocycles. The number of esters is 4. The van der Waals surface area contributed by atoms with Crippen molar-refractivity contribution in [3.63, 3.8) is 0 Å². The van der Waals surface area contributed by atoms with Crippen molar-refractivity contribution < 1.29 is 47.7 Å². The fourth-order valence-corrected chi connectivity index (χ4v) is 9.21. The van der Waals surface area contributed by atoms with Crippen LogP contribution in [0.4, 0.5) is 0 Å². The molecule has 2 unspecified atom stereocenters. The van der Waals surface area contributed by atoms with Gasteiger partial charge in [-0.1, -0.05) is 156 Å². The van der Waals surface area contributed by atoms with Crippen LogP contribution in [0.2, 0.25) is 0 Å². The number of likely N-dealkylation sites (N-methyl/N-ethyl adjacent to an activating group) is 2. The molecule has 13 nitrogen and oxygen atoms in total. The Morgan fingerprint density at radius 1 is 0.347 bits per heavy atom. The van der Waals surface area contributed by atoms with Gasteiger partial charge in [0, 0.05) is 45.3 Å². The quantitative estimate of drug-likeness (QED) is 0.0325. The van der Waals surface area contributed by atoms with E-state index < -0.39 is 11.9 Å². The second kappa shape index (κ2) is 48.7. The minimum atomic E-state index is -0.397. The Labute approximate surface area is 441 Å². The lowest BCUT2D eigenvalue weighted by molar-refractivity contribution is -0.151. The van der Waals surface area contributed by atoms with Crippen molar-refractivity contribution in [1.29, 1.82) is 0 Å². The molecule has 0 spiro atoms. The molecule has 0 aromatic heterocycles. The van der Waals surface area contributed by atoms with Crippen LogP contribution in [0.3, 0.4) is 0 Å². The fraction of sp³-hybridized carbons (Fsp3) is 0.898. The monoisotopic (exact) mass is 1020 g/mol. The zero-order valence-corrected chi connectivity index (χ0v) is 47.9. The number of hydrogen-bond donors (Lipinski definition) is 0. The second-order valence-corrected chi connectivity index (χ2v) is 21.1. The van der Waals surface area contributed by atoms with Crippen molar-refractivity contribution in [2.24, 2.45) is 11.8 Å². The van der Waals surface area contributed by atoms with Gasteiger partial charge in [0.1, 0.15) is 19.2 Å². The number of nitrogens with zero attached hydrogens (tertiary/aromatic N) is 3. The molecule has 0 radical (unpaired) electrons. The van der Waals surface area contributed by atoms with E-state index >= 15 is 0 Å². The minimum absolute atomic E-state index is 0.0423. The van der Waals surface area contributed by atoms with Gasteiger partial charge >= 0.3 is 23.9 Å². The first-order chi connectivity index (χ1) is 34.8. The highest BCUT2D eigenvalue weighted by molar-refractivity contribution is 5.84. The lowest BCUT2D eigenvalue weighted by Gasteiger charge is -2.23. The van der Waals surface area contributed by atoms with Crippen LogP contribution < -0.4 is 0 Å². The molecule has 0 aromatic rings. The van der Waals surface area contributed by atoms with Gasteiger partial charge in [-0.15, -0.1) is 0 Å². The standard InChI is InChI=1S/C59H111N3O10/c1-9-13-17-21-23-29-39-51(37-27-19-15-11-3)58(67)61(7)49-56(65)70-46-33-25-31-41-53(72-55(64)44-35-43-54(63)69-48-36-45-60(5)6)42-32-26-34-47-71-57(66)50-62(8)59(68)52(38-28-20-16-12-4)40-30-24-22-18-14-10-2/h51-53H,9-50H2,1-8H3. The minimum Gasteiger partial charge on any atom is -0.466 e. The van der Waals surface area contributed by atoms with Gasteiger partial charge in [0.05, 0.1) is 19.8 Å². The van der Waals surface area contributed by atoms with Crippen LogP contribution in [0.25, 0.3) is 0 Å². The van der Waals surface area contributed by atoms with E-state index in [1.54, 1.807) is 23.9 Å². The predicted octanol–water partition coefficient (Wildman–Crippen LogP) is 13.4. The van der Waals surface area contributed by atoms with E-state index in [1.165, 1.54) is 64.2 Å². The van der Waals surface area contributed by atoms with Gasteiger partial charge in [-0.2, -0.15) is 0 Å². The first-order valence-electron chi connectivity index (χ1n) is 29.6. The molecule has 72 heavy (non-hydrogen) atoms. The largest absolute Gasteiger partial charge is 0.466 e. The lowest BCUT2D eigenvalue weighted by atomic mass is 9.93. The summed E-state index contributed by atoms with van der Waals surface area (Å²) in [5.41, 5.74) is 0. The van der Waals surface area contributed by atoms with E-state index in [9.17, 15) is 28.8 Å². The Morgan fingerprint density at radius 3 is 1.07 bits per heavy atom. The zero-order valence-electron chi connectivity index (χ0n) is 47.9. The van der Waals surface area contributed by atoms with E-state index in [-0.39, 0.29) is 80.8 Å². The van der Waals surface area contributed by atoms with Crippen LogP contribution in [0.15, 0.2) is 0 Å². The van der Waals surface area contributed by atoms with E-state index in [2.05, 4.69) is 27.7 Å². The molecule has 0 aliphatic heterocycles. The first-order valence-corrected chi connectivity index (χ1v) is 29.6. The number of carbonyl (C=O) groups is 6. The van der Waals surface area contributed by atoms with Crippen molar-refractivity contribution in [2.75, 3.05) is 67.6 Å². The third-order valence-corrected chi connectivity index (χ3v) is 13.7. The molecular weight excluding hydrogens is 911 g/mol. The molecule has 0 saturated heterocycles. The number of unbranched alkanes of at least 4 members (excludes halogenated alkanes) is 20. The van der Waals surface area contributed by atoms with E-state index in [0.29, 0.717) is 38.7 Å². The van der Waals surface area contributed by atoms with Crippen LogP contribution in [-0.2, 0) is 47.7 Å². The first kappa shape index (κ1) is 68.8. The van der Waals surface area contributed by atoms with Gasteiger partial charge in [0.15, 0.2) is 0 Å². The number of ether oxygens (including phenoxy) is 4. The molecular formula is C59H111N3O10. The molecule has 0 heterocycles. The van der Waals surface area contributed by atoms with Crippen LogP contribution in [0.1, 0.15) is 259 Å². The molecule has 0 bridgehead atoms. The molecule has 2 atom stereocenters. The highest BCUT2D eigenvalue weighted by Crippen LogP contribution is 2.23. The van der Waals surface area contributed by atoms with Crippen LogP contribution in [0, 0.1) is 11.8 Å². The van der Waals surface area contributed by atoms with Gasteiger partial charge in [0.25, 0.3) is 0 Å². The second-order valence-electron chi connectivity index (χ2n) is 21.1. The van der Waals surface area contributed by atoms with Gasteiger partial charge < -0.3 is 33.6 Å². The van der Waals surface area contributed by atoms with E-state index in [0.717, 1.165) is 129 Å². The number of amides is 2. The van der Waals surface area contributed by atoms with Crippen molar-refractivity contribution in [3.8, 4) is 0 Å². The normalized spacial score (nSPS) is 12.6. The topological polar surface area (TPSA) is 149 Å². The summed E-state index contributed by atoms with van der Waals surface area (Å²) in [6, 6.07) is 0.